The molecule has 11 heavy (non-hydrogen) atoms. The van der Waals surface area contributed by atoms with Crippen molar-refractivity contribution >= 4 is 12.2 Å². The summed E-state index contributed by atoms with van der Waals surface area (Å²) >= 11 is 0. The van der Waals surface area contributed by atoms with E-state index in [-0.39, 0.29) is 0 Å². The molecule has 0 saturated heterocycles. The zero-order valence-electron chi connectivity index (χ0n) is 6.30. The lowest BCUT2D eigenvalue weighted by Crippen LogP contribution is -1.81. The molecular formula is C11H9. The number of benzene rings is 1. The second-order valence-electron chi connectivity index (χ2n) is 2.69. The maximum Gasteiger partial charge on any atom is -0.00168 e. The number of hydrogen-bond acceptors (Lipinski definition) is 0. The Morgan fingerprint density at radius 1 is 1.45 bits per heavy atom. The molecule has 0 spiro atoms. The summed E-state index contributed by atoms with van der Waals surface area (Å²) in [7, 11) is 0. The summed E-state index contributed by atoms with van der Waals surface area (Å²) in [5.41, 5.74) is 3.85. The Morgan fingerprint density at radius 3 is 3.18 bits per heavy atom. The monoisotopic (exact) mass is 141 g/mol. The van der Waals surface area contributed by atoms with Crippen molar-refractivity contribution in [2.75, 3.05) is 0 Å². The van der Waals surface area contributed by atoms with Crippen LogP contribution >= 0.6 is 0 Å². The molecule has 2 rings (SSSR count). The minimum absolute atomic E-state index is 0.965. The molecule has 0 aliphatic heterocycles. The molecule has 0 aromatic heterocycles. The van der Waals surface area contributed by atoms with Crippen LogP contribution in [0.1, 0.15) is 16.7 Å². The highest BCUT2D eigenvalue weighted by molar-refractivity contribution is 5.62. The normalized spacial score (nSPS) is 13.1. The van der Waals surface area contributed by atoms with E-state index in [1.165, 1.54) is 16.7 Å². The van der Waals surface area contributed by atoms with Crippen molar-refractivity contribution in [3.8, 4) is 0 Å². The van der Waals surface area contributed by atoms with Crippen LogP contribution in [-0.2, 0) is 6.42 Å². The molecule has 1 aliphatic rings. The molecule has 0 saturated carbocycles. The molecule has 0 bridgehead atoms. The summed E-state index contributed by atoms with van der Waals surface area (Å²) in [5.74, 6) is 0. The molecule has 0 heterocycles. The van der Waals surface area contributed by atoms with Crippen LogP contribution < -0.4 is 0 Å². The lowest BCUT2D eigenvalue weighted by atomic mass is 10.1. The highest BCUT2D eigenvalue weighted by Crippen LogP contribution is 2.20. The van der Waals surface area contributed by atoms with Crippen LogP contribution in [0.4, 0.5) is 0 Å². The van der Waals surface area contributed by atoms with E-state index in [1.807, 2.05) is 12.2 Å². The maximum absolute atomic E-state index is 3.72. The molecule has 0 heteroatoms. The zero-order valence-corrected chi connectivity index (χ0v) is 6.30. The summed E-state index contributed by atoms with van der Waals surface area (Å²) in [6.07, 6.45) is 8.06. The molecule has 53 valence electrons. The summed E-state index contributed by atoms with van der Waals surface area (Å²) in [5, 5.41) is 0. The molecule has 0 unspecified atom stereocenters. The lowest BCUT2D eigenvalue weighted by Gasteiger charge is -1.98. The van der Waals surface area contributed by atoms with Crippen molar-refractivity contribution in [2.24, 2.45) is 0 Å². The standard InChI is InChI=1S/C11H9/c1-2-9-6-7-10-4-3-5-11(10)8-9/h2,5-8H,1,4H2. The zero-order chi connectivity index (χ0) is 7.68. The fraction of sp³-hybridized carbons (Fsp3) is 0.0909. The van der Waals surface area contributed by atoms with Gasteiger partial charge in [-0.15, -0.1) is 0 Å². The molecular weight excluding hydrogens is 132 g/mol. The van der Waals surface area contributed by atoms with Gasteiger partial charge in [-0.25, -0.2) is 0 Å². The molecule has 0 nitrogen and oxygen atoms in total. The topological polar surface area (TPSA) is 0 Å². The van der Waals surface area contributed by atoms with E-state index >= 15 is 0 Å². The van der Waals surface area contributed by atoms with E-state index in [0.717, 1.165) is 6.42 Å². The number of rotatable bonds is 1. The second-order valence-corrected chi connectivity index (χ2v) is 2.69. The third-order valence-electron chi connectivity index (χ3n) is 1.96. The fourth-order valence-corrected chi connectivity index (χ4v) is 1.31. The third kappa shape index (κ3) is 1.01. The van der Waals surface area contributed by atoms with Gasteiger partial charge < -0.3 is 0 Å². The molecule has 0 amide bonds. The Kier molecular flexibility index (Phi) is 1.39. The minimum atomic E-state index is 0.965. The van der Waals surface area contributed by atoms with Gasteiger partial charge in [0.25, 0.3) is 0 Å². The van der Waals surface area contributed by atoms with Gasteiger partial charge in [-0.05, 0) is 35.3 Å². The van der Waals surface area contributed by atoms with Crippen LogP contribution in [0.25, 0.3) is 12.2 Å². The van der Waals surface area contributed by atoms with E-state index in [1.54, 1.807) is 0 Å². The molecule has 1 aliphatic carbocycles. The average Bonchev–Trinajstić information content (AvgIpc) is 2.50. The Balaban J connectivity index is 2.55. The Morgan fingerprint density at radius 2 is 2.36 bits per heavy atom. The molecule has 0 atom stereocenters. The smallest absolute Gasteiger partial charge is 0.00168 e. The summed E-state index contributed by atoms with van der Waals surface area (Å²) < 4.78 is 0. The number of hydrogen-bond donors (Lipinski definition) is 0. The van der Waals surface area contributed by atoms with Crippen LogP contribution in [0.15, 0.2) is 24.8 Å². The van der Waals surface area contributed by atoms with E-state index in [4.69, 9.17) is 0 Å². The first-order valence-corrected chi connectivity index (χ1v) is 3.72. The van der Waals surface area contributed by atoms with Crippen molar-refractivity contribution in [1.29, 1.82) is 0 Å². The maximum atomic E-state index is 3.72. The van der Waals surface area contributed by atoms with E-state index < -0.39 is 0 Å². The number of allylic oxidation sites excluding steroid dienone is 1. The highest BCUT2D eigenvalue weighted by Gasteiger charge is 2.03. The first-order chi connectivity index (χ1) is 5.40. The van der Waals surface area contributed by atoms with Gasteiger partial charge in [-0.1, -0.05) is 30.9 Å². The Labute approximate surface area is 66.9 Å². The van der Waals surface area contributed by atoms with Gasteiger partial charge >= 0.3 is 0 Å². The van der Waals surface area contributed by atoms with E-state index in [2.05, 4.69) is 30.9 Å². The van der Waals surface area contributed by atoms with Gasteiger partial charge in [0, 0.05) is 0 Å². The number of fused-ring (bicyclic) bond motifs is 1. The minimum Gasteiger partial charge on any atom is -0.0985 e. The van der Waals surface area contributed by atoms with Crippen LogP contribution in [0.2, 0.25) is 0 Å². The van der Waals surface area contributed by atoms with Crippen molar-refractivity contribution in [1.82, 2.24) is 0 Å². The quantitative estimate of drug-likeness (QED) is 0.564. The van der Waals surface area contributed by atoms with Gasteiger partial charge in [0.1, 0.15) is 0 Å². The van der Waals surface area contributed by atoms with Crippen LogP contribution in [0, 0.1) is 6.08 Å². The summed E-state index contributed by atoms with van der Waals surface area (Å²) in [6.45, 7) is 3.72. The van der Waals surface area contributed by atoms with Crippen molar-refractivity contribution < 1.29 is 0 Å². The third-order valence-corrected chi connectivity index (χ3v) is 1.96. The molecule has 0 fully saturated rings. The van der Waals surface area contributed by atoms with Gasteiger partial charge in [-0.3, -0.25) is 0 Å². The molecule has 1 aromatic carbocycles. The predicted molar refractivity (Wildman–Crippen MR) is 47.9 cm³/mol. The van der Waals surface area contributed by atoms with Gasteiger partial charge in [0.15, 0.2) is 0 Å². The van der Waals surface area contributed by atoms with Crippen LogP contribution in [0.5, 0.6) is 0 Å². The average molecular weight is 141 g/mol. The second kappa shape index (κ2) is 2.39. The van der Waals surface area contributed by atoms with Crippen molar-refractivity contribution in [3.05, 3.63) is 47.5 Å². The first kappa shape index (κ1) is 6.41. The molecule has 1 radical (unpaired) electrons. The highest BCUT2D eigenvalue weighted by atomic mass is 14.1. The Hall–Kier alpha value is -1.30. The van der Waals surface area contributed by atoms with E-state index in [0.29, 0.717) is 0 Å². The van der Waals surface area contributed by atoms with Gasteiger partial charge in [0.2, 0.25) is 0 Å². The predicted octanol–water partition coefficient (Wildman–Crippen LogP) is 2.70. The van der Waals surface area contributed by atoms with Crippen molar-refractivity contribution in [3.63, 3.8) is 0 Å². The van der Waals surface area contributed by atoms with Gasteiger partial charge in [-0.2, -0.15) is 0 Å². The van der Waals surface area contributed by atoms with Crippen LogP contribution in [-0.4, -0.2) is 0 Å². The van der Waals surface area contributed by atoms with Crippen molar-refractivity contribution in [2.45, 2.75) is 6.42 Å². The van der Waals surface area contributed by atoms with Crippen LogP contribution in [0.3, 0.4) is 0 Å². The molecule has 1 aromatic rings. The fourth-order valence-electron chi connectivity index (χ4n) is 1.31. The Bertz CT molecular complexity index is 319. The van der Waals surface area contributed by atoms with E-state index in [9.17, 15) is 0 Å². The first-order valence-electron chi connectivity index (χ1n) is 3.72. The summed E-state index contributed by atoms with van der Waals surface area (Å²) in [6, 6.07) is 6.37. The lowest BCUT2D eigenvalue weighted by molar-refractivity contribution is 1.28. The van der Waals surface area contributed by atoms with Gasteiger partial charge in [0.05, 0.1) is 0 Å². The SMILES string of the molecule is C=Cc1ccc2c(c1)C=[C]C2. The summed E-state index contributed by atoms with van der Waals surface area (Å²) in [4.78, 5) is 0. The largest absolute Gasteiger partial charge is 0.0985 e. The molecule has 0 N–H and O–H groups in total.